The Labute approximate surface area is 250 Å². The zero-order valence-corrected chi connectivity index (χ0v) is 24.5. The molecule has 1 aliphatic heterocycles. The summed E-state index contributed by atoms with van der Waals surface area (Å²) in [4.78, 5) is 42.2. The third kappa shape index (κ3) is 5.98. The SMILES string of the molecule is CN(Cc1ccccc1)C(=O)[C@]1(c2ccc(Cl)c(Cl)c2)C[C@@H]1CN1CCC(NC(=O)C(N)=O)(c2ccccc2)CC1. The lowest BCUT2D eigenvalue weighted by molar-refractivity contribution is -0.139. The van der Waals surface area contributed by atoms with Crippen LogP contribution in [0.25, 0.3) is 0 Å². The van der Waals surface area contributed by atoms with Crippen LogP contribution in [0.15, 0.2) is 78.9 Å². The monoisotopic (exact) mass is 592 g/mol. The molecule has 0 spiro atoms. The van der Waals surface area contributed by atoms with E-state index in [0.717, 1.165) is 23.2 Å². The van der Waals surface area contributed by atoms with Crippen LogP contribution in [0.2, 0.25) is 10.0 Å². The highest BCUT2D eigenvalue weighted by Crippen LogP contribution is 2.56. The van der Waals surface area contributed by atoms with Crippen molar-refractivity contribution >= 4 is 40.9 Å². The number of rotatable bonds is 8. The molecule has 3 amide bonds. The van der Waals surface area contributed by atoms with Gasteiger partial charge in [-0.3, -0.25) is 14.4 Å². The van der Waals surface area contributed by atoms with Gasteiger partial charge in [-0.25, -0.2) is 0 Å². The van der Waals surface area contributed by atoms with E-state index in [1.807, 2.05) is 79.8 Å². The lowest BCUT2D eigenvalue weighted by Crippen LogP contribution is -2.55. The number of benzene rings is 3. The molecule has 1 saturated carbocycles. The van der Waals surface area contributed by atoms with Crippen molar-refractivity contribution < 1.29 is 14.4 Å². The molecule has 0 bridgehead atoms. The second-order valence-corrected chi connectivity index (χ2v) is 12.0. The summed E-state index contributed by atoms with van der Waals surface area (Å²) in [5.74, 6) is -1.62. The molecule has 0 unspecified atom stereocenters. The van der Waals surface area contributed by atoms with Crippen LogP contribution >= 0.6 is 23.2 Å². The molecule has 2 atom stereocenters. The Bertz CT molecular complexity index is 1430. The normalized spacial score (nSPS) is 21.6. The third-order valence-corrected chi connectivity index (χ3v) is 9.36. The molecule has 2 aliphatic rings. The van der Waals surface area contributed by atoms with Crippen LogP contribution in [0, 0.1) is 5.92 Å². The van der Waals surface area contributed by atoms with E-state index in [9.17, 15) is 14.4 Å². The topological polar surface area (TPSA) is 95.7 Å². The standard InChI is InChI=1S/C32H34Cl2N4O3/c1-37(20-22-8-4-2-5-9-22)30(41)32(24-12-13-26(33)27(34)18-24)19-25(32)21-38-16-14-31(15-17-38,36-29(40)28(35)39)23-10-6-3-7-11-23/h2-13,18,25H,14-17,19-21H2,1H3,(H2,35,39)(H,36,40)/t25-,32+/m1/s1. The molecule has 2 fully saturated rings. The Morgan fingerprint density at radius 2 is 1.56 bits per heavy atom. The average Bonchev–Trinajstić information content (AvgIpc) is 3.70. The first kappa shape index (κ1) is 29.1. The van der Waals surface area contributed by atoms with E-state index in [1.54, 1.807) is 11.0 Å². The number of likely N-dealkylation sites (N-methyl/N-ethyl adjacent to an activating group) is 1. The fraction of sp³-hybridized carbons (Fsp3) is 0.344. The van der Waals surface area contributed by atoms with Crippen molar-refractivity contribution in [1.29, 1.82) is 0 Å². The summed E-state index contributed by atoms with van der Waals surface area (Å²) in [5, 5.41) is 3.81. The number of carbonyl (C=O) groups excluding carboxylic acids is 3. The number of hydrogen-bond donors (Lipinski definition) is 2. The smallest absolute Gasteiger partial charge is 0.309 e. The quantitative estimate of drug-likeness (QED) is 0.376. The van der Waals surface area contributed by atoms with Crippen molar-refractivity contribution in [1.82, 2.24) is 15.1 Å². The lowest BCUT2D eigenvalue weighted by atomic mass is 9.80. The highest BCUT2D eigenvalue weighted by molar-refractivity contribution is 6.42. The van der Waals surface area contributed by atoms with E-state index in [0.29, 0.717) is 48.9 Å². The van der Waals surface area contributed by atoms with Gasteiger partial charge in [0.1, 0.15) is 0 Å². The summed E-state index contributed by atoms with van der Waals surface area (Å²) < 4.78 is 0. The second-order valence-electron chi connectivity index (χ2n) is 11.2. The number of carbonyl (C=O) groups is 3. The Hall–Kier alpha value is -3.39. The number of amides is 3. The molecule has 1 saturated heterocycles. The van der Waals surface area contributed by atoms with Gasteiger partial charge in [0.05, 0.1) is 21.0 Å². The zero-order chi connectivity index (χ0) is 29.2. The molecule has 7 nitrogen and oxygen atoms in total. The van der Waals surface area contributed by atoms with Crippen molar-refractivity contribution in [3.8, 4) is 0 Å². The Morgan fingerprint density at radius 3 is 2.17 bits per heavy atom. The maximum Gasteiger partial charge on any atom is 0.309 e. The molecule has 3 N–H and O–H groups in total. The highest BCUT2D eigenvalue weighted by atomic mass is 35.5. The van der Waals surface area contributed by atoms with Gasteiger partial charge in [0, 0.05) is 33.2 Å². The minimum Gasteiger partial charge on any atom is -0.361 e. The minimum absolute atomic E-state index is 0.0640. The number of piperidine rings is 1. The number of primary amides is 1. The molecule has 41 heavy (non-hydrogen) atoms. The average molecular weight is 594 g/mol. The summed E-state index contributed by atoms with van der Waals surface area (Å²) in [5.41, 5.74) is 6.81. The highest BCUT2D eigenvalue weighted by Gasteiger charge is 2.62. The van der Waals surface area contributed by atoms with E-state index in [1.165, 1.54) is 0 Å². The van der Waals surface area contributed by atoms with Gasteiger partial charge in [-0.15, -0.1) is 0 Å². The number of nitrogens with zero attached hydrogens (tertiary/aromatic N) is 2. The van der Waals surface area contributed by atoms with E-state index in [2.05, 4.69) is 10.2 Å². The van der Waals surface area contributed by atoms with E-state index in [4.69, 9.17) is 28.9 Å². The van der Waals surface area contributed by atoms with Gasteiger partial charge in [-0.1, -0.05) is 89.9 Å². The fourth-order valence-electron chi connectivity index (χ4n) is 6.28. The largest absolute Gasteiger partial charge is 0.361 e. The van der Waals surface area contributed by atoms with E-state index in [-0.39, 0.29) is 11.8 Å². The first-order valence-electron chi connectivity index (χ1n) is 13.8. The summed E-state index contributed by atoms with van der Waals surface area (Å²) >= 11 is 12.7. The zero-order valence-electron chi connectivity index (χ0n) is 23.0. The number of hydrogen-bond acceptors (Lipinski definition) is 4. The van der Waals surface area contributed by atoms with Gasteiger partial charge in [0.2, 0.25) is 5.91 Å². The Kier molecular flexibility index (Phi) is 8.41. The van der Waals surface area contributed by atoms with E-state index < -0.39 is 22.8 Å². The molecule has 0 radical (unpaired) electrons. The van der Waals surface area contributed by atoms with Crippen LogP contribution in [0.4, 0.5) is 0 Å². The van der Waals surface area contributed by atoms with Gasteiger partial charge in [-0.2, -0.15) is 0 Å². The number of nitrogens with one attached hydrogen (secondary N) is 1. The molecular formula is C32H34Cl2N4O3. The number of nitrogens with two attached hydrogens (primary N) is 1. The van der Waals surface area contributed by atoms with Gasteiger partial charge >= 0.3 is 11.8 Å². The summed E-state index contributed by atoms with van der Waals surface area (Å²) in [7, 11) is 1.85. The van der Waals surface area contributed by atoms with Crippen molar-refractivity contribution in [2.75, 3.05) is 26.7 Å². The Balaban J connectivity index is 1.34. The van der Waals surface area contributed by atoms with Crippen molar-refractivity contribution in [3.05, 3.63) is 106 Å². The van der Waals surface area contributed by atoms with Crippen LogP contribution in [0.5, 0.6) is 0 Å². The Morgan fingerprint density at radius 1 is 0.927 bits per heavy atom. The van der Waals surface area contributed by atoms with Crippen molar-refractivity contribution in [2.45, 2.75) is 36.8 Å². The third-order valence-electron chi connectivity index (χ3n) is 8.62. The lowest BCUT2D eigenvalue weighted by Gasteiger charge is -2.43. The van der Waals surface area contributed by atoms with Crippen LogP contribution in [0.1, 0.15) is 36.0 Å². The summed E-state index contributed by atoms with van der Waals surface area (Å²) in [6.07, 6.45) is 1.94. The van der Waals surface area contributed by atoms with Crippen molar-refractivity contribution in [2.24, 2.45) is 11.7 Å². The van der Waals surface area contributed by atoms with Gasteiger partial charge in [0.25, 0.3) is 0 Å². The van der Waals surface area contributed by atoms with Crippen LogP contribution in [0.3, 0.4) is 0 Å². The summed E-state index contributed by atoms with van der Waals surface area (Å²) in [6, 6.07) is 25.1. The molecule has 1 aliphatic carbocycles. The maximum atomic E-state index is 14.1. The first-order chi connectivity index (χ1) is 19.6. The predicted molar refractivity (Wildman–Crippen MR) is 160 cm³/mol. The molecule has 214 valence electrons. The molecular weight excluding hydrogens is 559 g/mol. The van der Waals surface area contributed by atoms with Gasteiger partial charge in [0.15, 0.2) is 0 Å². The molecule has 3 aromatic carbocycles. The van der Waals surface area contributed by atoms with Crippen LogP contribution < -0.4 is 11.1 Å². The van der Waals surface area contributed by atoms with Gasteiger partial charge in [-0.05, 0) is 54.0 Å². The molecule has 5 rings (SSSR count). The number of halogens is 2. The molecule has 9 heteroatoms. The second kappa shape index (κ2) is 11.8. The summed E-state index contributed by atoms with van der Waals surface area (Å²) in [6.45, 7) is 2.62. The van der Waals surface area contributed by atoms with Gasteiger partial charge < -0.3 is 20.9 Å². The number of likely N-dealkylation sites (tertiary alicyclic amines) is 1. The maximum absolute atomic E-state index is 14.1. The van der Waals surface area contributed by atoms with Crippen LogP contribution in [-0.2, 0) is 31.9 Å². The predicted octanol–water partition coefficient (Wildman–Crippen LogP) is 4.50. The first-order valence-corrected chi connectivity index (χ1v) is 14.5. The van der Waals surface area contributed by atoms with Crippen molar-refractivity contribution in [3.63, 3.8) is 0 Å². The fourth-order valence-corrected chi connectivity index (χ4v) is 6.58. The molecule has 3 aromatic rings. The molecule has 0 aromatic heterocycles. The molecule has 1 heterocycles. The van der Waals surface area contributed by atoms with Crippen LogP contribution in [-0.4, -0.2) is 54.2 Å². The van der Waals surface area contributed by atoms with E-state index >= 15 is 0 Å². The minimum atomic E-state index is -0.995.